The van der Waals surface area contributed by atoms with Crippen molar-refractivity contribution in [2.45, 2.75) is 12.8 Å². The molecule has 0 unspecified atom stereocenters. The molecule has 1 heterocycles. The summed E-state index contributed by atoms with van der Waals surface area (Å²) in [6, 6.07) is 13.0. The van der Waals surface area contributed by atoms with Crippen molar-refractivity contribution < 1.29 is 24.2 Å². The van der Waals surface area contributed by atoms with Crippen LogP contribution in [0, 0.1) is 0 Å². The monoisotopic (exact) mass is 354 g/mol. The Morgan fingerprint density at radius 3 is 2.58 bits per heavy atom. The van der Waals surface area contributed by atoms with E-state index in [2.05, 4.69) is 5.32 Å². The third-order valence-electron chi connectivity index (χ3n) is 3.99. The fourth-order valence-corrected chi connectivity index (χ4v) is 2.71. The van der Waals surface area contributed by atoms with Gasteiger partial charge in [0.25, 0.3) is 5.91 Å². The first-order valence-electron chi connectivity index (χ1n) is 8.19. The van der Waals surface area contributed by atoms with Crippen molar-refractivity contribution in [1.82, 2.24) is 0 Å². The summed E-state index contributed by atoms with van der Waals surface area (Å²) in [5, 5.41) is 11.6. The average molecular weight is 354 g/mol. The van der Waals surface area contributed by atoms with Crippen LogP contribution in [0.2, 0.25) is 0 Å². The molecule has 2 amide bonds. The van der Waals surface area contributed by atoms with Gasteiger partial charge in [-0.1, -0.05) is 6.07 Å². The first-order valence-corrected chi connectivity index (χ1v) is 8.19. The van der Waals surface area contributed by atoms with Crippen molar-refractivity contribution in [2.24, 2.45) is 0 Å². The Hall–Kier alpha value is -3.35. The van der Waals surface area contributed by atoms with Crippen LogP contribution in [-0.4, -0.2) is 36.0 Å². The largest absolute Gasteiger partial charge is 0.484 e. The molecule has 1 saturated heterocycles. The molecule has 7 nitrogen and oxygen atoms in total. The van der Waals surface area contributed by atoms with Crippen LogP contribution in [0.15, 0.2) is 48.5 Å². The smallest absolute Gasteiger partial charge is 0.335 e. The Kier molecular flexibility index (Phi) is 5.17. The van der Waals surface area contributed by atoms with Gasteiger partial charge in [-0.2, -0.15) is 0 Å². The van der Waals surface area contributed by atoms with Gasteiger partial charge in [0.2, 0.25) is 5.91 Å². The minimum absolute atomic E-state index is 0.0926. The van der Waals surface area contributed by atoms with Crippen LogP contribution in [0.1, 0.15) is 23.2 Å². The van der Waals surface area contributed by atoms with Crippen LogP contribution in [0.5, 0.6) is 5.75 Å². The number of carbonyl (C=O) groups is 3. The molecule has 0 atom stereocenters. The van der Waals surface area contributed by atoms with E-state index >= 15 is 0 Å². The van der Waals surface area contributed by atoms with E-state index in [0.717, 1.165) is 12.1 Å². The molecular weight excluding hydrogens is 336 g/mol. The zero-order chi connectivity index (χ0) is 18.5. The number of nitrogens with one attached hydrogen (secondary N) is 1. The maximum atomic E-state index is 12.0. The zero-order valence-electron chi connectivity index (χ0n) is 14.0. The minimum Gasteiger partial charge on any atom is -0.484 e. The highest BCUT2D eigenvalue weighted by molar-refractivity contribution is 5.96. The molecule has 26 heavy (non-hydrogen) atoms. The van der Waals surface area contributed by atoms with Gasteiger partial charge in [0, 0.05) is 24.3 Å². The third kappa shape index (κ3) is 4.18. The molecule has 0 radical (unpaired) electrons. The molecule has 0 saturated carbocycles. The molecular formula is C19H18N2O5. The molecule has 0 aliphatic carbocycles. The van der Waals surface area contributed by atoms with Crippen molar-refractivity contribution in [1.29, 1.82) is 0 Å². The molecule has 2 aromatic carbocycles. The zero-order valence-corrected chi connectivity index (χ0v) is 14.0. The molecule has 7 heteroatoms. The Balaban J connectivity index is 1.54. The standard InChI is InChI=1S/C19H18N2O5/c22-17(12-26-16-4-1-3-13(11-16)19(24)25)20-14-6-8-15(9-7-14)21-10-2-5-18(21)23/h1,3-4,6-9,11H,2,5,10,12H2,(H,20,22)(H,24,25). The van der Waals surface area contributed by atoms with E-state index in [1.54, 1.807) is 41.3 Å². The number of anilines is 2. The summed E-state index contributed by atoms with van der Waals surface area (Å²) in [5.41, 5.74) is 1.50. The molecule has 0 spiro atoms. The van der Waals surface area contributed by atoms with E-state index in [-0.39, 0.29) is 24.0 Å². The summed E-state index contributed by atoms with van der Waals surface area (Å²) in [6.45, 7) is 0.475. The van der Waals surface area contributed by atoms with Crippen LogP contribution >= 0.6 is 0 Å². The van der Waals surface area contributed by atoms with Crippen LogP contribution in [-0.2, 0) is 9.59 Å². The van der Waals surface area contributed by atoms with E-state index in [4.69, 9.17) is 9.84 Å². The predicted octanol–water partition coefficient (Wildman–Crippen LogP) is 2.53. The van der Waals surface area contributed by atoms with Gasteiger partial charge in [0.15, 0.2) is 6.61 Å². The van der Waals surface area contributed by atoms with E-state index in [1.807, 2.05) is 0 Å². The molecule has 1 aliphatic rings. The lowest BCUT2D eigenvalue weighted by atomic mass is 10.2. The van der Waals surface area contributed by atoms with Crippen molar-refractivity contribution in [2.75, 3.05) is 23.4 Å². The van der Waals surface area contributed by atoms with Crippen LogP contribution < -0.4 is 15.0 Å². The molecule has 134 valence electrons. The van der Waals surface area contributed by atoms with Gasteiger partial charge in [-0.15, -0.1) is 0 Å². The Morgan fingerprint density at radius 2 is 1.92 bits per heavy atom. The quantitative estimate of drug-likeness (QED) is 0.831. The van der Waals surface area contributed by atoms with Gasteiger partial charge in [-0.05, 0) is 48.9 Å². The highest BCUT2D eigenvalue weighted by Crippen LogP contribution is 2.23. The fraction of sp³-hybridized carbons (Fsp3) is 0.211. The van der Waals surface area contributed by atoms with Crippen LogP contribution in [0.4, 0.5) is 11.4 Å². The van der Waals surface area contributed by atoms with Gasteiger partial charge < -0.3 is 20.1 Å². The lowest BCUT2D eigenvalue weighted by molar-refractivity contribution is -0.118. The summed E-state index contributed by atoms with van der Waals surface area (Å²) in [6.07, 6.45) is 1.43. The third-order valence-corrected chi connectivity index (χ3v) is 3.99. The normalized spacial score (nSPS) is 13.5. The molecule has 0 bridgehead atoms. The average Bonchev–Trinajstić information content (AvgIpc) is 3.07. The number of hydrogen-bond acceptors (Lipinski definition) is 4. The second-order valence-electron chi connectivity index (χ2n) is 5.87. The molecule has 1 fully saturated rings. The topological polar surface area (TPSA) is 95.9 Å². The lowest BCUT2D eigenvalue weighted by Gasteiger charge is -2.16. The second kappa shape index (κ2) is 7.69. The first-order chi connectivity index (χ1) is 12.5. The Bertz CT molecular complexity index is 832. The van der Waals surface area contributed by atoms with E-state index in [9.17, 15) is 14.4 Å². The summed E-state index contributed by atoms with van der Waals surface area (Å²) in [4.78, 5) is 36.3. The summed E-state index contributed by atoms with van der Waals surface area (Å²) in [5.74, 6) is -1.01. The lowest BCUT2D eigenvalue weighted by Crippen LogP contribution is -2.23. The highest BCUT2D eigenvalue weighted by Gasteiger charge is 2.21. The van der Waals surface area contributed by atoms with E-state index in [0.29, 0.717) is 24.4 Å². The number of amides is 2. The van der Waals surface area contributed by atoms with Gasteiger partial charge in [-0.25, -0.2) is 4.79 Å². The maximum absolute atomic E-state index is 12.0. The Labute approximate surface area is 150 Å². The number of aromatic carboxylic acids is 1. The molecule has 0 aromatic heterocycles. The Morgan fingerprint density at radius 1 is 1.15 bits per heavy atom. The number of ether oxygens (including phenoxy) is 1. The van der Waals surface area contributed by atoms with Gasteiger partial charge in [0.05, 0.1) is 5.56 Å². The number of carboxylic acid groups (broad SMARTS) is 1. The minimum atomic E-state index is -1.06. The van der Waals surface area contributed by atoms with Crippen molar-refractivity contribution >= 4 is 29.2 Å². The predicted molar refractivity (Wildman–Crippen MR) is 95.6 cm³/mol. The van der Waals surface area contributed by atoms with Crippen molar-refractivity contribution in [3.63, 3.8) is 0 Å². The number of nitrogens with zero attached hydrogens (tertiary/aromatic N) is 1. The first kappa shape index (κ1) is 17.5. The SMILES string of the molecule is O=C(COc1cccc(C(=O)O)c1)Nc1ccc(N2CCCC2=O)cc1. The van der Waals surface area contributed by atoms with Crippen LogP contribution in [0.3, 0.4) is 0 Å². The number of carbonyl (C=O) groups excluding carboxylic acids is 2. The fourth-order valence-electron chi connectivity index (χ4n) is 2.71. The summed E-state index contributed by atoms with van der Waals surface area (Å²) >= 11 is 0. The van der Waals surface area contributed by atoms with Gasteiger partial charge in [-0.3, -0.25) is 9.59 Å². The van der Waals surface area contributed by atoms with Crippen LogP contribution in [0.25, 0.3) is 0 Å². The number of rotatable bonds is 6. The van der Waals surface area contributed by atoms with Crippen molar-refractivity contribution in [3.05, 3.63) is 54.1 Å². The maximum Gasteiger partial charge on any atom is 0.335 e. The number of benzene rings is 2. The van der Waals surface area contributed by atoms with E-state index in [1.165, 1.54) is 12.1 Å². The van der Waals surface area contributed by atoms with Crippen molar-refractivity contribution in [3.8, 4) is 5.75 Å². The molecule has 1 aliphatic heterocycles. The molecule has 2 aromatic rings. The number of hydrogen-bond donors (Lipinski definition) is 2. The van der Waals surface area contributed by atoms with E-state index < -0.39 is 5.97 Å². The number of carboxylic acids is 1. The van der Waals surface area contributed by atoms with Gasteiger partial charge >= 0.3 is 5.97 Å². The molecule has 3 rings (SSSR count). The highest BCUT2D eigenvalue weighted by atomic mass is 16.5. The van der Waals surface area contributed by atoms with Gasteiger partial charge in [0.1, 0.15) is 5.75 Å². The summed E-state index contributed by atoms with van der Waals surface area (Å²) < 4.78 is 5.32. The summed E-state index contributed by atoms with van der Waals surface area (Å²) in [7, 11) is 0. The molecule has 2 N–H and O–H groups in total. The second-order valence-corrected chi connectivity index (χ2v) is 5.87.